The van der Waals surface area contributed by atoms with Gasteiger partial charge in [0.2, 0.25) is 5.91 Å². The number of carbonyl (C=O) groups is 1. The van der Waals surface area contributed by atoms with Crippen LogP contribution in [0.1, 0.15) is 57.8 Å². The van der Waals surface area contributed by atoms with Gasteiger partial charge in [0.15, 0.2) is 0 Å². The van der Waals surface area contributed by atoms with E-state index in [1.165, 1.54) is 5.56 Å². The van der Waals surface area contributed by atoms with Crippen molar-refractivity contribution in [2.75, 3.05) is 0 Å². The lowest BCUT2D eigenvalue weighted by Gasteiger charge is -2.34. The summed E-state index contributed by atoms with van der Waals surface area (Å²) in [6.07, 6.45) is 0. The van der Waals surface area contributed by atoms with Crippen LogP contribution in [-0.4, -0.2) is 11.9 Å². The second-order valence-electron chi connectivity index (χ2n) is 7.74. The first-order chi connectivity index (χ1) is 11.8. The van der Waals surface area contributed by atoms with Crippen LogP contribution in [0.25, 0.3) is 0 Å². The highest BCUT2D eigenvalue weighted by Crippen LogP contribution is 2.24. The molecule has 0 heterocycles. The van der Waals surface area contributed by atoms with Crippen LogP contribution in [0, 0.1) is 5.41 Å². The molecule has 25 heavy (non-hydrogen) atoms. The van der Waals surface area contributed by atoms with Crippen molar-refractivity contribution < 1.29 is 4.79 Å². The summed E-state index contributed by atoms with van der Waals surface area (Å²) in [5.41, 5.74) is 2.10. The standard InChI is InChI=1S/C22H30N2O/c1-16(18-12-8-6-9-13-18)23-20(22(3,4)5)21(25)24-17(2)19-14-10-7-11-15-19/h6-17,20,23H,1-5H3,(H,24,25)/t16-,17-,20?/m0/s1. The summed E-state index contributed by atoms with van der Waals surface area (Å²) in [6.45, 7) is 10.4. The number of hydrogen-bond donors (Lipinski definition) is 2. The van der Waals surface area contributed by atoms with Gasteiger partial charge in [-0.05, 0) is 30.4 Å². The molecule has 3 nitrogen and oxygen atoms in total. The highest BCUT2D eigenvalue weighted by Gasteiger charge is 2.33. The molecule has 1 unspecified atom stereocenters. The highest BCUT2D eigenvalue weighted by atomic mass is 16.2. The van der Waals surface area contributed by atoms with Crippen molar-refractivity contribution in [3.05, 3.63) is 71.8 Å². The quantitative estimate of drug-likeness (QED) is 0.806. The van der Waals surface area contributed by atoms with Gasteiger partial charge >= 0.3 is 0 Å². The van der Waals surface area contributed by atoms with E-state index in [0.29, 0.717) is 0 Å². The van der Waals surface area contributed by atoms with Gasteiger partial charge in [0.05, 0.1) is 12.1 Å². The first kappa shape index (κ1) is 19.2. The van der Waals surface area contributed by atoms with Gasteiger partial charge < -0.3 is 5.32 Å². The van der Waals surface area contributed by atoms with Crippen LogP contribution in [0.5, 0.6) is 0 Å². The van der Waals surface area contributed by atoms with E-state index in [2.05, 4.69) is 50.5 Å². The Balaban J connectivity index is 2.10. The van der Waals surface area contributed by atoms with Crippen LogP contribution in [0.4, 0.5) is 0 Å². The van der Waals surface area contributed by atoms with Crippen LogP contribution in [0.2, 0.25) is 0 Å². The molecule has 0 bridgehead atoms. The Kier molecular flexibility index (Phi) is 6.38. The van der Waals surface area contributed by atoms with E-state index in [4.69, 9.17) is 0 Å². The van der Waals surface area contributed by atoms with Crippen molar-refractivity contribution in [3.8, 4) is 0 Å². The zero-order valence-electron chi connectivity index (χ0n) is 15.9. The van der Waals surface area contributed by atoms with E-state index < -0.39 is 0 Å². The molecule has 0 saturated carbocycles. The maximum absolute atomic E-state index is 13.0. The summed E-state index contributed by atoms with van der Waals surface area (Å²) in [6, 6.07) is 20.1. The minimum atomic E-state index is -0.283. The third-order valence-electron chi connectivity index (χ3n) is 4.50. The second kappa shape index (κ2) is 8.30. The molecular weight excluding hydrogens is 308 g/mol. The van der Waals surface area contributed by atoms with Gasteiger partial charge in [-0.2, -0.15) is 0 Å². The maximum Gasteiger partial charge on any atom is 0.238 e. The topological polar surface area (TPSA) is 41.1 Å². The fraction of sp³-hybridized carbons (Fsp3) is 0.409. The molecule has 134 valence electrons. The molecule has 0 aromatic heterocycles. The predicted molar refractivity (Wildman–Crippen MR) is 104 cm³/mol. The van der Waals surface area contributed by atoms with E-state index in [1.807, 2.05) is 55.5 Å². The van der Waals surface area contributed by atoms with Crippen molar-refractivity contribution >= 4 is 5.91 Å². The van der Waals surface area contributed by atoms with E-state index in [9.17, 15) is 4.79 Å². The lowest BCUT2D eigenvalue weighted by molar-refractivity contribution is -0.126. The Morgan fingerprint density at radius 1 is 0.800 bits per heavy atom. The van der Waals surface area contributed by atoms with Gasteiger partial charge in [0.1, 0.15) is 0 Å². The SMILES string of the molecule is C[C@H](NC(=O)C(N[C@@H](C)c1ccccc1)C(C)(C)C)c1ccccc1. The van der Waals surface area contributed by atoms with Crippen LogP contribution >= 0.6 is 0 Å². The largest absolute Gasteiger partial charge is 0.348 e. The maximum atomic E-state index is 13.0. The monoisotopic (exact) mass is 338 g/mol. The third kappa shape index (κ3) is 5.43. The minimum Gasteiger partial charge on any atom is -0.348 e. The number of hydrogen-bond acceptors (Lipinski definition) is 2. The first-order valence-corrected chi connectivity index (χ1v) is 8.95. The molecule has 0 aliphatic rings. The Bertz CT molecular complexity index is 661. The molecule has 0 fully saturated rings. The summed E-state index contributed by atoms with van der Waals surface area (Å²) in [7, 11) is 0. The zero-order valence-corrected chi connectivity index (χ0v) is 15.9. The average Bonchev–Trinajstić information content (AvgIpc) is 2.59. The zero-order chi connectivity index (χ0) is 18.4. The Morgan fingerprint density at radius 2 is 1.24 bits per heavy atom. The van der Waals surface area contributed by atoms with Crippen LogP contribution in [0.15, 0.2) is 60.7 Å². The fourth-order valence-corrected chi connectivity index (χ4v) is 2.93. The normalized spacial score (nSPS) is 15.2. The number of amides is 1. The fourth-order valence-electron chi connectivity index (χ4n) is 2.93. The van der Waals surface area contributed by atoms with Crippen molar-refractivity contribution in [2.24, 2.45) is 5.41 Å². The van der Waals surface area contributed by atoms with Gasteiger partial charge in [-0.25, -0.2) is 0 Å². The molecule has 1 amide bonds. The van der Waals surface area contributed by atoms with E-state index in [-0.39, 0.29) is 29.4 Å². The number of benzene rings is 2. The molecule has 2 rings (SSSR count). The summed E-state index contributed by atoms with van der Waals surface area (Å²) in [5, 5.41) is 6.68. The van der Waals surface area contributed by atoms with Crippen molar-refractivity contribution in [3.63, 3.8) is 0 Å². The van der Waals surface area contributed by atoms with Gasteiger partial charge in [-0.15, -0.1) is 0 Å². The molecule has 0 spiro atoms. The molecule has 3 heteroatoms. The molecule has 2 aromatic rings. The van der Waals surface area contributed by atoms with Crippen LogP contribution in [0.3, 0.4) is 0 Å². The molecule has 0 saturated heterocycles. The third-order valence-corrected chi connectivity index (χ3v) is 4.50. The summed E-state index contributed by atoms with van der Waals surface area (Å²) < 4.78 is 0. The number of rotatable bonds is 6. The Morgan fingerprint density at radius 3 is 1.68 bits per heavy atom. The van der Waals surface area contributed by atoms with Gasteiger partial charge in [-0.3, -0.25) is 10.1 Å². The molecule has 0 radical (unpaired) electrons. The number of nitrogens with one attached hydrogen (secondary N) is 2. The highest BCUT2D eigenvalue weighted by molar-refractivity contribution is 5.83. The number of carbonyl (C=O) groups excluding carboxylic acids is 1. The summed E-state index contributed by atoms with van der Waals surface area (Å²) in [5.74, 6) is 0.0339. The molecule has 2 aromatic carbocycles. The summed E-state index contributed by atoms with van der Waals surface area (Å²) in [4.78, 5) is 13.0. The Hall–Kier alpha value is -2.13. The van der Waals surface area contributed by atoms with Gasteiger partial charge in [0.25, 0.3) is 0 Å². The van der Waals surface area contributed by atoms with Gasteiger partial charge in [-0.1, -0.05) is 81.4 Å². The lowest BCUT2D eigenvalue weighted by atomic mass is 9.85. The van der Waals surface area contributed by atoms with Crippen molar-refractivity contribution in [2.45, 2.75) is 52.7 Å². The van der Waals surface area contributed by atoms with Crippen molar-refractivity contribution in [1.29, 1.82) is 0 Å². The first-order valence-electron chi connectivity index (χ1n) is 8.95. The predicted octanol–water partition coefficient (Wildman–Crippen LogP) is 4.63. The van der Waals surface area contributed by atoms with E-state index in [0.717, 1.165) is 5.56 Å². The molecule has 3 atom stereocenters. The van der Waals surface area contributed by atoms with Crippen molar-refractivity contribution in [1.82, 2.24) is 10.6 Å². The van der Waals surface area contributed by atoms with Crippen LogP contribution in [-0.2, 0) is 4.79 Å². The van der Waals surface area contributed by atoms with E-state index in [1.54, 1.807) is 0 Å². The van der Waals surface area contributed by atoms with Crippen LogP contribution < -0.4 is 10.6 Å². The summed E-state index contributed by atoms with van der Waals surface area (Å²) >= 11 is 0. The van der Waals surface area contributed by atoms with E-state index >= 15 is 0 Å². The molecular formula is C22H30N2O. The smallest absolute Gasteiger partial charge is 0.238 e. The average molecular weight is 338 g/mol. The minimum absolute atomic E-state index is 0.0209. The van der Waals surface area contributed by atoms with Gasteiger partial charge in [0, 0.05) is 6.04 Å². The lowest BCUT2D eigenvalue weighted by Crippen LogP contribution is -2.52. The molecule has 0 aliphatic heterocycles. The second-order valence-corrected chi connectivity index (χ2v) is 7.74. The Labute approximate surface area is 151 Å². The molecule has 2 N–H and O–H groups in total. The molecule has 0 aliphatic carbocycles.